The van der Waals surface area contributed by atoms with E-state index in [2.05, 4.69) is 19.8 Å². The maximum absolute atomic E-state index is 11.0. The number of aryl methyl sites for hydroxylation is 1. The molecule has 0 unspecified atom stereocenters. The van der Waals surface area contributed by atoms with Gasteiger partial charge in [0.25, 0.3) is 0 Å². The van der Waals surface area contributed by atoms with Crippen molar-refractivity contribution in [2.45, 2.75) is 20.8 Å². The summed E-state index contributed by atoms with van der Waals surface area (Å²) in [6.07, 6.45) is 1.01. The van der Waals surface area contributed by atoms with Crippen LogP contribution in [0, 0.1) is 13.8 Å². The first-order chi connectivity index (χ1) is 11.1. The van der Waals surface area contributed by atoms with Crippen LogP contribution in [0.3, 0.4) is 0 Å². The molecule has 1 amide bonds. The number of nitrogens with one attached hydrogen (secondary N) is 1. The summed E-state index contributed by atoms with van der Waals surface area (Å²) in [6.45, 7) is 6.63. The fourth-order valence-electron chi connectivity index (χ4n) is 2.37. The molecule has 0 aliphatic rings. The molecule has 0 bridgehead atoms. The van der Waals surface area contributed by atoms with Gasteiger partial charge in [0.05, 0.1) is 19.9 Å². The van der Waals surface area contributed by atoms with E-state index in [4.69, 9.17) is 4.74 Å². The molecule has 1 heterocycles. The van der Waals surface area contributed by atoms with E-state index in [0.717, 1.165) is 28.4 Å². The van der Waals surface area contributed by atoms with E-state index in [0.29, 0.717) is 6.61 Å². The molecular formula is C17H21N3O3. The summed E-state index contributed by atoms with van der Waals surface area (Å²) in [5.41, 5.74) is 6.35. The molecule has 0 atom stereocenters. The van der Waals surface area contributed by atoms with E-state index in [-0.39, 0.29) is 0 Å². The highest BCUT2D eigenvalue weighted by Crippen LogP contribution is 2.22. The standard InChI is InChI=1S/C17H21N3O3/c1-5-23-16-8-6-15(7-9-16)20-12(2)10-14(13(20)3)11-18-19-17(21)22-4/h6-11H,5H2,1-4H3,(H,19,21)/b18-11-. The van der Waals surface area contributed by atoms with Gasteiger partial charge in [0.1, 0.15) is 5.75 Å². The van der Waals surface area contributed by atoms with E-state index in [1.165, 1.54) is 7.11 Å². The average molecular weight is 315 g/mol. The lowest BCUT2D eigenvalue weighted by atomic mass is 10.2. The Balaban J connectivity index is 2.25. The van der Waals surface area contributed by atoms with E-state index in [1.54, 1.807) is 6.21 Å². The van der Waals surface area contributed by atoms with Crippen molar-refractivity contribution in [1.82, 2.24) is 9.99 Å². The van der Waals surface area contributed by atoms with E-state index >= 15 is 0 Å². The third-order valence-electron chi connectivity index (χ3n) is 3.42. The van der Waals surface area contributed by atoms with E-state index < -0.39 is 6.09 Å². The fraction of sp³-hybridized carbons (Fsp3) is 0.294. The Morgan fingerprint density at radius 1 is 1.30 bits per heavy atom. The number of aromatic nitrogens is 1. The summed E-state index contributed by atoms with van der Waals surface area (Å²) in [7, 11) is 1.29. The van der Waals surface area contributed by atoms with Crippen molar-refractivity contribution >= 4 is 12.3 Å². The van der Waals surface area contributed by atoms with Gasteiger partial charge >= 0.3 is 6.09 Å². The summed E-state index contributed by atoms with van der Waals surface area (Å²) in [5, 5.41) is 3.88. The van der Waals surface area contributed by atoms with Crippen LogP contribution in [0.15, 0.2) is 35.4 Å². The van der Waals surface area contributed by atoms with Gasteiger partial charge in [0.15, 0.2) is 0 Å². The Hall–Kier alpha value is -2.76. The van der Waals surface area contributed by atoms with Gasteiger partial charge in [-0.15, -0.1) is 0 Å². The van der Waals surface area contributed by atoms with Crippen LogP contribution in [0.1, 0.15) is 23.9 Å². The maximum atomic E-state index is 11.0. The Morgan fingerprint density at radius 2 is 2.00 bits per heavy atom. The Bertz CT molecular complexity index is 703. The van der Waals surface area contributed by atoms with Crippen molar-refractivity contribution < 1.29 is 14.3 Å². The molecule has 23 heavy (non-hydrogen) atoms. The first-order valence-corrected chi connectivity index (χ1v) is 7.36. The second-order valence-electron chi connectivity index (χ2n) is 4.95. The third kappa shape index (κ3) is 3.91. The first kappa shape index (κ1) is 16.6. The highest BCUT2D eigenvalue weighted by molar-refractivity contribution is 5.83. The molecule has 0 spiro atoms. The van der Waals surface area contributed by atoms with Crippen molar-refractivity contribution in [2.24, 2.45) is 5.10 Å². The average Bonchev–Trinajstić information content (AvgIpc) is 2.83. The lowest BCUT2D eigenvalue weighted by Crippen LogP contribution is -2.16. The molecule has 1 N–H and O–H groups in total. The van der Waals surface area contributed by atoms with Gasteiger partial charge < -0.3 is 14.0 Å². The SMILES string of the molecule is CCOc1ccc(-n2c(C)cc(/C=N\NC(=O)OC)c2C)cc1. The number of carbonyl (C=O) groups excluding carboxylic acids is 1. The molecule has 0 saturated heterocycles. The minimum atomic E-state index is -0.596. The Labute approximate surface area is 135 Å². The van der Waals surface area contributed by atoms with Crippen LogP contribution in [0.4, 0.5) is 4.79 Å². The fourth-order valence-corrected chi connectivity index (χ4v) is 2.37. The monoisotopic (exact) mass is 315 g/mol. The Morgan fingerprint density at radius 3 is 2.61 bits per heavy atom. The first-order valence-electron chi connectivity index (χ1n) is 7.36. The molecule has 0 fully saturated rings. The summed E-state index contributed by atoms with van der Waals surface area (Å²) < 4.78 is 12.1. The second kappa shape index (κ2) is 7.49. The minimum absolute atomic E-state index is 0.596. The smallest absolute Gasteiger partial charge is 0.427 e. The zero-order valence-corrected chi connectivity index (χ0v) is 13.8. The maximum Gasteiger partial charge on any atom is 0.427 e. The predicted molar refractivity (Wildman–Crippen MR) is 89.5 cm³/mol. The normalized spacial score (nSPS) is 10.8. The molecule has 6 nitrogen and oxygen atoms in total. The molecule has 2 aromatic rings. The van der Waals surface area contributed by atoms with E-state index in [1.807, 2.05) is 51.1 Å². The number of ether oxygens (including phenoxy) is 2. The molecular weight excluding hydrogens is 294 g/mol. The van der Waals surface area contributed by atoms with Crippen molar-refractivity contribution in [2.75, 3.05) is 13.7 Å². The van der Waals surface area contributed by atoms with Crippen LogP contribution < -0.4 is 10.2 Å². The predicted octanol–water partition coefficient (Wildman–Crippen LogP) is 3.18. The molecule has 0 saturated carbocycles. The number of carbonyl (C=O) groups is 1. The van der Waals surface area contributed by atoms with Crippen LogP contribution in [0.25, 0.3) is 5.69 Å². The molecule has 1 aromatic carbocycles. The molecule has 1 aromatic heterocycles. The topological polar surface area (TPSA) is 64.8 Å². The number of hydrogen-bond donors (Lipinski definition) is 1. The number of hydrazone groups is 1. The summed E-state index contributed by atoms with van der Waals surface area (Å²) in [6, 6.07) is 9.93. The number of amides is 1. The quantitative estimate of drug-likeness (QED) is 0.681. The molecule has 6 heteroatoms. The van der Waals surface area contributed by atoms with Crippen LogP contribution in [-0.4, -0.2) is 30.6 Å². The number of benzene rings is 1. The Kier molecular flexibility index (Phi) is 5.41. The highest BCUT2D eigenvalue weighted by atomic mass is 16.5. The summed E-state index contributed by atoms with van der Waals surface area (Å²) >= 11 is 0. The number of hydrogen-bond acceptors (Lipinski definition) is 4. The van der Waals surface area contributed by atoms with Crippen LogP contribution in [0.5, 0.6) is 5.75 Å². The number of methoxy groups -OCH3 is 1. The zero-order valence-electron chi connectivity index (χ0n) is 13.8. The highest BCUT2D eigenvalue weighted by Gasteiger charge is 2.09. The number of nitrogens with zero attached hydrogens (tertiary/aromatic N) is 2. The van der Waals surface area contributed by atoms with Crippen molar-refractivity contribution in [3.8, 4) is 11.4 Å². The molecule has 122 valence electrons. The molecule has 0 radical (unpaired) electrons. The van der Waals surface area contributed by atoms with Gasteiger partial charge in [-0.05, 0) is 51.1 Å². The lowest BCUT2D eigenvalue weighted by Gasteiger charge is -2.10. The van der Waals surface area contributed by atoms with Gasteiger partial charge in [-0.1, -0.05) is 0 Å². The van der Waals surface area contributed by atoms with Gasteiger partial charge in [0.2, 0.25) is 0 Å². The van der Waals surface area contributed by atoms with Crippen molar-refractivity contribution in [3.63, 3.8) is 0 Å². The van der Waals surface area contributed by atoms with Gasteiger partial charge in [-0.2, -0.15) is 5.10 Å². The molecule has 0 aliphatic carbocycles. The van der Waals surface area contributed by atoms with Crippen LogP contribution in [0.2, 0.25) is 0 Å². The zero-order chi connectivity index (χ0) is 16.8. The van der Waals surface area contributed by atoms with Crippen LogP contribution >= 0.6 is 0 Å². The van der Waals surface area contributed by atoms with Crippen molar-refractivity contribution in [3.05, 3.63) is 47.3 Å². The number of rotatable bonds is 5. The van der Waals surface area contributed by atoms with Crippen molar-refractivity contribution in [1.29, 1.82) is 0 Å². The third-order valence-corrected chi connectivity index (χ3v) is 3.42. The lowest BCUT2D eigenvalue weighted by molar-refractivity contribution is 0.171. The summed E-state index contributed by atoms with van der Waals surface area (Å²) in [4.78, 5) is 11.0. The van der Waals surface area contributed by atoms with Gasteiger partial charge in [0, 0.05) is 22.6 Å². The minimum Gasteiger partial charge on any atom is -0.494 e. The van der Waals surface area contributed by atoms with E-state index in [9.17, 15) is 4.79 Å². The largest absolute Gasteiger partial charge is 0.494 e. The summed E-state index contributed by atoms with van der Waals surface area (Å²) in [5.74, 6) is 0.850. The van der Waals surface area contributed by atoms with Crippen LogP contribution in [-0.2, 0) is 4.74 Å². The second-order valence-corrected chi connectivity index (χ2v) is 4.95. The van der Waals surface area contributed by atoms with Gasteiger partial charge in [-0.3, -0.25) is 0 Å². The van der Waals surface area contributed by atoms with Gasteiger partial charge in [-0.25, -0.2) is 10.2 Å². The molecule has 2 rings (SSSR count). The molecule has 0 aliphatic heterocycles.